The van der Waals surface area contributed by atoms with Gasteiger partial charge in [-0.05, 0) is 43.3 Å². The molecule has 2 rings (SSSR count). The number of nitrogens with one attached hydrogen (secondary N) is 2. The van der Waals surface area contributed by atoms with Crippen LogP contribution in [0.3, 0.4) is 0 Å². The van der Waals surface area contributed by atoms with E-state index in [1.54, 1.807) is 0 Å². The number of rotatable bonds is 5. The first kappa shape index (κ1) is 20.2. The molecule has 0 aliphatic carbocycles. The fourth-order valence-corrected chi connectivity index (χ4v) is 3.38. The van der Waals surface area contributed by atoms with Gasteiger partial charge in [0.25, 0.3) is 0 Å². The second-order valence-corrected chi connectivity index (χ2v) is 7.48. The minimum absolute atomic E-state index is 0.128. The van der Waals surface area contributed by atoms with Crippen molar-refractivity contribution in [3.8, 4) is 0 Å². The molecule has 1 amide bonds. The van der Waals surface area contributed by atoms with Gasteiger partial charge in [-0.15, -0.1) is 0 Å². The van der Waals surface area contributed by atoms with Crippen molar-refractivity contribution in [2.24, 2.45) is 0 Å². The van der Waals surface area contributed by atoms with E-state index in [9.17, 15) is 26.4 Å². The molecule has 0 saturated carbocycles. The van der Waals surface area contributed by atoms with E-state index in [4.69, 9.17) is 11.6 Å². The zero-order valence-electron chi connectivity index (χ0n) is 13.3. The van der Waals surface area contributed by atoms with E-state index in [1.165, 1.54) is 43.3 Å². The van der Waals surface area contributed by atoms with Gasteiger partial charge in [-0.2, -0.15) is 17.9 Å². The summed E-state index contributed by atoms with van der Waals surface area (Å²) in [4.78, 5) is 12.0. The molecule has 140 valence electrons. The van der Waals surface area contributed by atoms with Crippen LogP contribution < -0.4 is 10.0 Å². The molecule has 0 bridgehead atoms. The van der Waals surface area contributed by atoms with E-state index in [-0.39, 0.29) is 4.90 Å². The van der Waals surface area contributed by atoms with Crippen molar-refractivity contribution in [3.05, 3.63) is 59.1 Å². The fraction of sp³-hybridized carbons (Fsp3) is 0.188. The summed E-state index contributed by atoms with van der Waals surface area (Å²) in [5.74, 6) is -0.931. The quantitative estimate of drug-likeness (QED) is 0.795. The Morgan fingerprint density at radius 3 is 2.23 bits per heavy atom. The van der Waals surface area contributed by atoms with E-state index in [1.807, 2.05) is 0 Å². The number of benzene rings is 2. The van der Waals surface area contributed by atoms with E-state index < -0.39 is 39.4 Å². The topological polar surface area (TPSA) is 75.3 Å². The molecule has 2 N–H and O–H groups in total. The number of hydrogen-bond donors (Lipinski definition) is 2. The Morgan fingerprint density at radius 1 is 1.08 bits per heavy atom. The lowest BCUT2D eigenvalue weighted by molar-refractivity contribution is -0.137. The Hall–Kier alpha value is -2.10. The molecule has 10 heteroatoms. The van der Waals surface area contributed by atoms with Crippen molar-refractivity contribution >= 4 is 33.2 Å². The van der Waals surface area contributed by atoms with Crippen LogP contribution in [0.4, 0.5) is 18.9 Å². The predicted molar refractivity (Wildman–Crippen MR) is 91.3 cm³/mol. The van der Waals surface area contributed by atoms with Gasteiger partial charge < -0.3 is 5.32 Å². The van der Waals surface area contributed by atoms with Gasteiger partial charge in [-0.25, -0.2) is 8.42 Å². The van der Waals surface area contributed by atoms with Crippen LogP contribution in [-0.4, -0.2) is 20.4 Å². The summed E-state index contributed by atoms with van der Waals surface area (Å²) >= 11 is 5.69. The average molecular weight is 407 g/mol. The maximum Gasteiger partial charge on any atom is 0.418 e. The van der Waals surface area contributed by atoms with Crippen LogP contribution in [0.15, 0.2) is 53.4 Å². The number of anilines is 1. The summed E-state index contributed by atoms with van der Waals surface area (Å²) in [7, 11) is -4.04. The second kappa shape index (κ2) is 7.65. The first-order valence-electron chi connectivity index (χ1n) is 7.26. The molecule has 0 fully saturated rings. The van der Waals surface area contributed by atoms with Crippen molar-refractivity contribution in [1.82, 2.24) is 4.72 Å². The van der Waals surface area contributed by atoms with Gasteiger partial charge >= 0.3 is 6.18 Å². The van der Waals surface area contributed by atoms with Gasteiger partial charge in [0, 0.05) is 5.02 Å². The largest absolute Gasteiger partial charge is 0.418 e. The van der Waals surface area contributed by atoms with Crippen LogP contribution in [-0.2, 0) is 21.0 Å². The second-order valence-electron chi connectivity index (χ2n) is 5.33. The maximum atomic E-state index is 13.0. The van der Waals surface area contributed by atoms with Gasteiger partial charge in [-0.3, -0.25) is 4.79 Å². The molecule has 1 atom stereocenters. The molecule has 0 spiro atoms. The number of amides is 1. The standard InChI is InChI=1S/C16H14ClF3N2O3S/c1-10(22-26(24,25)12-8-6-11(17)7-9-12)15(23)21-14-5-3-2-4-13(14)16(18,19)20/h2-10,22H,1H3,(H,21,23)/t10-/m1/s1. The highest BCUT2D eigenvalue weighted by molar-refractivity contribution is 7.89. The zero-order chi connectivity index (χ0) is 19.5. The number of carbonyl (C=O) groups excluding carboxylic acids is 1. The number of halogens is 4. The highest BCUT2D eigenvalue weighted by Crippen LogP contribution is 2.34. The van der Waals surface area contributed by atoms with Gasteiger partial charge in [0.2, 0.25) is 15.9 Å². The molecule has 2 aromatic carbocycles. The molecular weight excluding hydrogens is 393 g/mol. The lowest BCUT2D eigenvalue weighted by Gasteiger charge is -2.17. The van der Waals surface area contributed by atoms with Gasteiger partial charge in [0.15, 0.2) is 0 Å². The average Bonchev–Trinajstić information content (AvgIpc) is 2.54. The molecule has 0 saturated heterocycles. The number of alkyl halides is 3. The summed E-state index contributed by atoms with van der Waals surface area (Å²) < 4.78 is 65.4. The third-order valence-electron chi connectivity index (χ3n) is 3.34. The third-order valence-corrected chi connectivity index (χ3v) is 5.15. The smallest absolute Gasteiger partial charge is 0.324 e. The summed E-state index contributed by atoms with van der Waals surface area (Å²) in [6, 6.07) is 8.32. The number of hydrogen-bond acceptors (Lipinski definition) is 3. The van der Waals surface area contributed by atoms with Crippen molar-refractivity contribution in [3.63, 3.8) is 0 Å². The molecule has 0 aliphatic rings. The van der Waals surface area contributed by atoms with Crippen LogP contribution in [0.1, 0.15) is 12.5 Å². The van der Waals surface area contributed by atoms with Gasteiger partial charge in [0.1, 0.15) is 0 Å². The lowest BCUT2D eigenvalue weighted by Crippen LogP contribution is -2.41. The minimum atomic E-state index is -4.66. The molecule has 0 aliphatic heterocycles. The van der Waals surface area contributed by atoms with Crippen molar-refractivity contribution in [2.75, 3.05) is 5.32 Å². The van der Waals surface area contributed by atoms with E-state index in [0.29, 0.717) is 5.02 Å². The molecule has 0 heterocycles. The lowest BCUT2D eigenvalue weighted by atomic mass is 10.1. The fourth-order valence-electron chi connectivity index (χ4n) is 2.05. The Balaban J connectivity index is 2.15. The van der Waals surface area contributed by atoms with Crippen LogP contribution >= 0.6 is 11.6 Å². The van der Waals surface area contributed by atoms with Crippen LogP contribution in [0.25, 0.3) is 0 Å². The van der Waals surface area contributed by atoms with E-state index >= 15 is 0 Å². The molecule has 26 heavy (non-hydrogen) atoms. The first-order valence-corrected chi connectivity index (χ1v) is 9.12. The first-order chi connectivity index (χ1) is 12.0. The molecule has 5 nitrogen and oxygen atoms in total. The Bertz CT molecular complexity index is 900. The van der Waals surface area contributed by atoms with Gasteiger partial charge in [0.05, 0.1) is 22.2 Å². The van der Waals surface area contributed by atoms with Crippen LogP contribution in [0, 0.1) is 0 Å². The minimum Gasteiger partial charge on any atom is -0.324 e. The molecular formula is C16H14ClF3N2O3S. The molecule has 0 aromatic heterocycles. The molecule has 2 aromatic rings. The highest BCUT2D eigenvalue weighted by atomic mass is 35.5. The van der Waals surface area contributed by atoms with E-state index in [0.717, 1.165) is 12.1 Å². The SMILES string of the molecule is C[C@@H](NS(=O)(=O)c1ccc(Cl)cc1)C(=O)Nc1ccccc1C(F)(F)F. The third kappa shape index (κ3) is 4.96. The van der Waals surface area contributed by atoms with Crippen LogP contribution in [0.5, 0.6) is 0 Å². The molecule has 0 unspecified atom stereocenters. The van der Waals surface area contributed by atoms with E-state index in [2.05, 4.69) is 10.0 Å². The van der Waals surface area contributed by atoms with Crippen molar-refractivity contribution < 1.29 is 26.4 Å². The summed E-state index contributed by atoms with van der Waals surface area (Å²) in [6.07, 6.45) is -4.66. The van der Waals surface area contributed by atoms with Gasteiger partial charge in [-0.1, -0.05) is 23.7 Å². The zero-order valence-corrected chi connectivity index (χ0v) is 14.9. The Morgan fingerprint density at radius 2 is 1.65 bits per heavy atom. The number of carbonyl (C=O) groups is 1. The maximum absolute atomic E-state index is 13.0. The molecule has 0 radical (unpaired) electrons. The monoisotopic (exact) mass is 406 g/mol. The van der Waals surface area contributed by atoms with Crippen molar-refractivity contribution in [2.45, 2.75) is 24.0 Å². The summed E-state index contributed by atoms with van der Waals surface area (Å²) in [5, 5.41) is 2.42. The summed E-state index contributed by atoms with van der Waals surface area (Å²) in [5.41, 5.74) is -1.48. The number of sulfonamides is 1. The summed E-state index contributed by atoms with van der Waals surface area (Å²) in [6.45, 7) is 1.22. The predicted octanol–water partition coefficient (Wildman–Crippen LogP) is 3.66. The van der Waals surface area contributed by atoms with Crippen LogP contribution in [0.2, 0.25) is 5.02 Å². The number of para-hydroxylation sites is 1. The normalized spacial score (nSPS) is 13.3. The highest BCUT2D eigenvalue weighted by Gasteiger charge is 2.34. The Labute approximate surface area is 153 Å². The Kier molecular flexibility index (Phi) is 5.94. The van der Waals surface area contributed by atoms with Crippen molar-refractivity contribution in [1.29, 1.82) is 0 Å².